The van der Waals surface area contributed by atoms with Gasteiger partial charge in [0, 0.05) is 28.0 Å². The SMILES string of the molecule is CC(C)(C)c1cc2c3c(c1)Oc1cc4c5ccccc5n(-c5ccccn5)c4cc1B3c1cc(-c3nc4ccccc4s3)ccc1O2. The molecular formula is C40H28BN3O2S. The van der Waals surface area contributed by atoms with Crippen molar-refractivity contribution < 1.29 is 9.47 Å². The lowest BCUT2D eigenvalue weighted by Crippen LogP contribution is -2.57. The van der Waals surface area contributed by atoms with Crippen molar-refractivity contribution >= 4 is 66.5 Å². The summed E-state index contributed by atoms with van der Waals surface area (Å²) in [6, 6.07) is 38.4. The molecule has 2 aliphatic rings. The number of thiazole rings is 1. The van der Waals surface area contributed by atoms with E-state index in [0.717, 1.165) is 77.7 Å². The summed E-state index contributed by atoms with van der Waals surface area (Å²) in [5.41, 5.74) is 8.71. The summed E-state index contributed by atoms with van der Waals surface area (Å²) in [5, 5.41) is 3.30. The molecule has 7 heteroatoms. The first-order chi connectivity index (χ1) is 22.9. The summed E-state index contributed by atoms with van der Waals surface area (Å²) in [6.45, 7) is 6.60. The zero-order valence-corrected chi connectivity index (χ0v) is 26.9. The molecule has 0 radical (unpaired) electrons. The highest BCUT2D eigenvalue weighted by molar-refractivity contribution is 7.21. The highest BCUT2D eigenvalue weighted by atomic mass is 32.1. The van der Waals surface area contributed by atoms with Crippen molar-refractivity contribution in [2.45, 2.75) is 26.2 Å². The molecular weight excluding hydrogens is 597 g/mol. The van der Waals surface area contributed by atoms with Crippen LogP contribution in [0.3, 0.4) is 0 Å². The number of hydrogen-bond donors (Lipinski definition) is 0. The van der Waals surface area contributed by atoms with Gasteiger partial charge in [-0.15, -0.1) is 11.3 Å². The lowest BCUT2D eigenvalue weighted by atomic mass is 9.34. The second kappa shape index (κ2) is 9.56. The van der Waals surface area contributed by atoms with Gasteiger partial charge in [0.05, 0.1) is 21.3 Å². The van der Waals surface area contributed by atoms with E-state index >= 15 is 0 Å². The van der Waals surface area contributed by atoms with Gasteiger partial charge in [-0.25, -0.2) is 9.97 Å². The second-order valence-electron chi connectivity index (χ2n) is 13.5. The summed E-state index contributed by atoms with van der Waals surface area (Å²) in [7, 11) is 0. The van der Waals surface area contributed by atoms with Gasteiger partial charge >= 0.3 is 0 Å². The normalized spacial score (nSPS) is 13.3. The summed E-state index contributed by atoms with van der Waals surface area (Å²) >= 11 is 1.72. The van der Waals surface area contributed by atoms with Crippen LogP contribution < -0.4 is 25.9 Å². The lowest BCUT2D eigenvalue weighted by Gasteiger charge is -2.35. The van der Waals surface area contributed by atoms with Crippen LogP contribution in [0.5, 0.6) is 23.0 Å². The zero-order chi connectivity index (χ0) is 31.4. The third kappa shape index (κ3) is 3.96. The van der Waals surface area contributed by atoms with E-state index < -0.39 is 0 Å². The van der Waals surface area contributed by atoms with Crippen LogP contribution in [0.4, 0.5) is 0 Å². The average Bonchev–Trinajstić information content (AvgIpc) is 3.66. The smallest absolute Gasteiger partial charge is 0.260 e. The molecule has 47 heavy (non-hydrogen) atoms. The molecule has 5 heterocycles. The van der Waals surface area contributed by atoms with E-state index in [1.165, 1.54) is 15.6 Å². The third-order valence-electron chi connectivity index (χ3n) is 9.55. The molecule has 0 aliphatic carbocycles. The third-order valence-corrected chi connectivity index (χ3v) is 10.6. The maximum Gasteiger partial charge on any atom is 0.260 e. The van der Waals surface area contributed by atoms with Gasteiger partial charge in [-0.2, -0.15) is 0 Å². The van der Waals surface area contributed by atoms with Crippen molar-refractivity contribution in [3.8, 4) is 39.4 Å². The predicted octanol–water partition coefficient (Wildman–Crippen LogP) is 8.48. The first-order valence-electron chi connectivity index (χ1n) is 15.9. The zero-order valence-electron chi connectivity index (χ0n) is 26.1. The van der Waals surface area contributed by atoms with Crippen LogP contribution in [-0.4, -0.2) is 21.2 Å². The van der Waals surface area contributed by atoms with Crippen LogP contribution in [-0.2, 0) is 5.41 Å². The molecule has 3 aromatic heterocycles. The van der Waals surface area contributed by atoms with E-state index in [-0.39, 0.29) is 12.1 Å². The van der Waals surface area contributed by atoms with E-state index in [1.807, 2.05) is 24.4 Å². The monoisotopic (exact) mass is 625 g/mol. The van der Waals surface area contributed by atoms with Gasteiger partial charge < -0.3 is 9.47 Å². The number of nitrogens with zero attached hydrogens (tertiary/aromatic N) is 3. The Balaban J connectivity index is 1.26. The maximum absolute atomic E-state index is 6.89. The Kier molecular flexibility index (Phi) is 5.45. The Labute approximate surface area is 276 Å². The topological polar surface area (TPSA) is 49.2 Å². The molecule has 0 spiro atoms. The molecule has 8 aromatic rings. The molecule has 0 N–H and O–H groups in total. The Morgan fingerprint density at radius 2 is 1.45 bits per heavy atom. The van der Waals surface area contributed by atoms with Gasteiger partial charge in [0.2, 0.25) is 0 Å². The van der Waals surface area contributed by atoms with Gasteiger partial charge in [0.15, 0.2) is 0 Å². The molecule has 0 atom stereocenters. The Morgan fingerprint density at radius 1 is 0.681 bits per heavy atom. The van der Waals surface area contributed by atoms with E-state index in [0.29, 0.717) is 0 Å². The number of pyridine rings is 1. The van der Waals surface area contributed by atoms with Crippen molar-refractivity contribution in [1.82, 2.24) is 14.5 Å². The fourth-order valence-corrected chi connectivity index (χ4v) is 8.22. The molecule has 5 aromatic carbocycles. The van der Waals surface area contributed by atoms with Crippen molar-refractivity contribution in [2.24, 2.45) is 0 Å². The number of ether oxygens (including phenoxy) is 2. The molecule has 10 rings (SSSR count). The summed E-state index contributed by atoms with van der Waals surface area (Å²) < 4.78 is 17.1. The number of rotatable bonds is 2. The van der Waals surface area contributed by atoms with Gasteiger partial charge in [-0.05, 0) is 88.6 Å². The summed E-state index contributed by atoms with van der Waals surface area (Å²) in [5.74, 6) is 4.33. The molecule has 0 fully saturated rings. The van der Waals surface area contributed by atoms with Gasteiger partial charge in [-0.3, -0.25) is 4.57 Å². The number of para-hydroxylation sites is 2. The first kappa shape index (κ1) is 26.8. The maximum atomic E-state index is 6.89. The lowest BCUT2D eigenvalue weighted by molar-refractivity contribution is 0.459. The predicted molar refractivity (Wildman–Crippen MR) is 194 cm³/mol. The first-order valence-corrected chi connectivity index (χ1v) is 16.7. The fourth-order valence-electron chi connectivity index (χ4n) is 7.26. The van der Waals surface area contributed by atoms with Crippen LogP contribution in [0.1, 0.15) is 26.3 Å². The average molecular weight is 626 g/mol. The molecule has 224 valence electrons. The number of benzene rings is 5. The van der Waals surface area contributed by atoms with Crippen LogP contribution >= 0.6 is 11.3 Å². The van der Waals surface area contributed by atoms with Gasteiger partial charge in [-0.1, -0.05) is 63.2 Å². The fraction of sp³-hybridized carbons (Fsp3) is 0.100. The Bertz CT molecular complexity index is 2550. The summed E-state index contributed by atoms with van der Waals surface area (Å²) in [6.07, 6.45) is 1.85. The molecule has 0 bridgehead atoms. The molecule has 0 amide bonds. The van der Waals surface area contributed by atoms with Crippen molar-refractivity contribution in [1.29, 1.82) is 0 Å². The minimum absolute atomic E-state index is 0.0783. The van der Waals surface area contributed by atoms with E-state index in [9.17, 15) is 0 Å². The highest BCUT2D eigenvalue weighted by Gasteiger charge is 2.42. The minimum atomic E-state index is -0.0876. The Hall–Kier alpha value is -5.40. The number of hydrogen-bond acceptors (Lipinski definition) is 5. The number of fused-ring (bicyclic) bond motifs is 8. The van der Waals surface area contributed by atoms with E-state index in [4.69, 9.17) is 19.4 Å². The number of aromatic nitrogens is 3. The standard InChI is InChI=1S/C40H28BN3O2S/c1-40(2,3)24-19-34-38-35(20-24)46-33-21-26-25-10-4-6-12-30(25)44(37-14-8-9-17-42-37)31(26)22-28(33)41(38)27-18-23(15-16-32(27)45-34)39-43-29-11-5-7-13-36(29)47-39/h4-22H,1-3H3. The largest absolute Gasteiger partial charge is 0.458 e. The molecule has 0 saturated carbocycles. The van der Waals surface area contributed by atoms with E-state index in [2.05, 4.69) is 116 Å². The quantitative estimate of drug-likeness (QED) is 0.181. The van der Waals surface area contributed by atoms with Gasteiger partial charge in [0.1, 0.15) is 33.8 Å². The van der Waals surface area contributed by atoms with Crippen LogP contribution in [0, 0.1) is 0 Å². The van der Waals surface area contributed by atoms with Gasteiger partial charge in [0.25, 0.3) is 6.71 Å². The van der Waals surface area contributed by atoms with E-state index in [1.54, 1.807) is 11.3 Å². The van der Waals surface area contributed by atoms with Crippen LogP contribution in [0.2, 0.25) is 0 Å². The second-order valence-corrected chi connectivity index (χ2v) is 14.5. The molecule has 0 unspecified atom stereocenters. The van der Waals surface area contributed by atoms with Crippen LogP contribution in [0.15, 0.2) is 115 Å². The van der Waals surface area contributed by atoms with Crippen LogP contribution in [0.25, 0.3) is 48.4 Å². The Morgan fingerprint density at radius 3 is 2.26 bits per heavy atom. The summed E-state index contributed by atoms with van der Waals surface area (Å²) in [4.78, 5) is 9.77. The molecule has 5 nitrogen and oxygen atoms in total. The molecule has 0 saturated heterocycles. The van der Waals surface area contributed by atoms with Crippen molar-refractivity contribution in [3.05, 3.63) is 121 Å². The van der Waals surface area contributed by atoms with Crippen molar-refractivity contribution in [2.75, 3.05) is 0 Å². The van der Waals surface area contributed by atoms with Crippen molar-refractivity contribution in [3.63, 3.8) is 0 Å². The minimum Gasteiger partial charge on any atom is -0.458 e. The molecule has 2 aliphatic heterocycles. The highest BCUT2D eigenvalue weighted by Crippen LogP contribution is 2.42.